The maximum absolute atomic E-state index is 12.6. The summed E-state index contributed by atoms with van der Waals surface area (Å²) in [5, 5.41) is 5.37. The van der Waals surface area contributed by atoms with E-state index in [1.165, 1.54) is 18.9 Å². The Morgan fingerprint density at radius 1 is 0.962 bits per heavy atom. The SMILES string of the molecule is COc1ccc(C(=O)N(C)C)cc1NC(=O)c1cccc(NC(C)=O)c1. The van der Waals surface area contributed by atoms with Crippen molar-refractivity contribution in [2.24, 2.45) is 0 Å². The zero-order valence-electron chi connectivity index (χ0n) is 15.1. The summed E-state index contributed by atoms with van der Waals surface area (Å²) in [6, 6.07) is 11.4. The van der Waals surface area contributed by atoms with Crippen LogP contribution in [0, 0.1) is 0 Å². The first-order chi connectivity index (χ1) is 12.3. The molecule has 0 saturated carbocycles. The highest BCUT2D eigenvalue weighted by Gasteiger charge is 2.15. The molecule has 0 unspecified atom stereocenters. The highest BCUT2D eigenvalue weighted by Crippen LogP contribution is 2.26. The van der Waals surface area contributed by atoms with Gasteiger partial charge in [-0.15, -0.1) is 0 Å². The lowest BCUT2D eigenvalue weighted by Crippen LogP contribution is -2.22. The molecule has 0 fully saturated rings. The Hall–Kier alpha value is -3.35. The predicted octanol–water partition coefficient (Wildman–Crippen LogP) is 2.61. The van der Waals surface area contributed by atoms with E-state index < -0.39 is 0 Å². The second-order valence-electron chi connectivity index (χ2n) is 5.83. The lowest BCUT2D eigenvalue weighted by molar-refractivity contribution is -0.114. The average molecular weight is 355 g/mol. The van der Waals surface area contributed by atoms with Gasteiger partial charge in [0.15, 0.2) is 0 Å². The van der Waals surface area contributed by atoms with Crippen LogP contribution < -0.4 is 15.4 Å². The van der Waals surface area contributed by atoms with E-state index in [2.05, 4.69) is 10.6 Å². The Bertz CT molecular complexity index is 846. The largest absolute Gasteiger partial charge is 0.495 e. The highest BCUT2D eigenvalue weighted by molar-refractivity contribution is 6.07. The topological polar surface area (TPSA) is 87.7 Å². The Kier molecular flexibility index (Phi) is 5.95. The first kappa shape index (κ1) is 19.0. The minimum atomic E-state index is -0.384. The molecular weight excluding hydrogens is 334 g/mol. The van der Waals surface area contributed by atoms with Crippen molar-refractivity contribution in [1.82, 2.24) is 4.90 Å². The van der Waals surface area contributed by atoms with Gasteiger partial charge in [0.05, 0.1) is 12.8 Å². The summed E-state index contributed by atoms with van der Waals surface area (Å²) in [5.41, 5.74) is 1.70. The van der Waals surface area contributed by atoms with Gasteiger partial charge in [0, 0.05) is 37.8 Å². The zero-order chi connectivity index (χ0) is 19.3. The van der Waals surface area contributed by atoms with E-state index in [-0.39, 0.29) is 17.7 Å². The Morgan fingerprint density at radius 3 is 2.31 bits per heavy atom. The van der Waals surface area contributed by atoms with Gasteiger partial charge in [-0.1, -0.05) is 6.07 Å². The normalized spacial score (nSPS) is 10.0. The minimum absolute atomic E-state index is 0.184. The molecular formula is C19H21N3O4. The second-order valence-corrected chi connectivity index (χ2v) is 5.83. The number of carbonyl (C=O) groups is 3. The fourth-order valence-corrected chi connectivity index (χ4v) is 2.33. The first-order valence-electron chi connectivity index (χ1n) is 7.90. The van der Waals surface area contributed by atoms with Crippen molar-refractivity contribution in [2.75, 3.05) is 31.8 Å². The lowest BCUT2D eigenvalue weighted by Gasteiger charge is -2.14. The number of nitrogens with one attached hydrogen (secondary N) is 2. The van der Waals surface area contributed by atoms with Crippen LogP contribution in [0.2, 0.25) is 0 Å². The highest BCUT2D eigenvalue weighted by atomic mass is 16.5. The van der Waals surface area contributed by atoms with E-state index in [9.17, 15) is 14.4 Å². The van der Waals surface area contributed by atoms with Crippen molar-refractivity contribution >= 4 is 29.1 Å². The minimum Gasteiger partial charge on any atom is -0.495 e. The molecule has 0 aliphatic heterocycles. The third-order valence-electron chi connectivity index (χ3n) is 3.55. The summed E-state index contributed by atoms with van der Waals surface area (Å²) in [4.78, 5) is 37.3. The number of rotatable bonds is 5. The Morgan fingerprint density at radius 2 is 1.69 bits per heavy atom. The van der Waals surface area contributed by atoms with Crippen molar-refractivity contribution in [1.29, 1.82) is 0 Å². The Balaban J connectivity index is 2.29. The molecule has 7 nitrogen and oxygen atoms in total. The third kappa shape index (κ3) is 4.60. The van der Waals surface area contributed by atoms with E-state index in [4.69, 9.17) is 4.74 Å². The molecule has 2 aromatic rings. The number of hydrogen-bond acceptors (Lipinski definition) is 4. The standard InChI is InChI=1S/C19H21N3O4/c1-12(23)20-15-7-5-6-13(10-15)18(24)21-16-11-14(19(25)22(2)3)8-9-17(16)26-4/h5-11H,1-4H3,(H,20,23)(H,21,24). The third-order valence-corrected chi connectivity index (χ3v) is 3.55. The number of carbonyl (C=O) groups excluding carboxylic acids is 3. The molecule has 0 radical (unpaired) electrons. The fraction of sp³-hybridized carbons (Fsp3) is 0.211. The molecule has 2 rings (SSSR count). The molecule has 0 spiro atoms. The monoisotopic (exact) mass is 355 g/mol. The van der Waals surface area contributed by atoms with Crippen LogP contribution >= 0.6 is 0 Å². The molecule has 7 heteroatoms. The summed E-state index contributed by atoms with van der Waals surface area (Å²) < 4.78 is 5.26. The van der Waals surface area contributed by atoms with Gasteiger partial charge in [-0.2, -0.15) is 0 Å². The van der Waals surface area contributed by atoms with Crippen LogP contribution in [-0.2, 0) is 4.79 Å². The van der Waals surface area contributed by atoms with Crippen LogP contribution in [0.3, 0.4) is 0 Å². The zero-order valence-corrected chi connectivity index (χ0v) is 15.1. The average Bonchev–Trinajstić information content (AvgIpc) is 2.60. The van der Waals surface area contributed by atoms with Crippen molar-refractivity contribution < 1.29 is 19.1 Å². The number of benzene rings is 2. The molecule has 0 aliphatic carbocycles. The maximum Gasteiger partial charge on any atom is 0.255 e. The van der Waals surface area contributed by atoms with Crippen LogP contribution in [0.1, 0.15) is 27.6 Å². The van der Waals surface area contributed by atoms with Gasteiger partial charge >= 0.3 is 0 Å². The van der Waals surface area contributed by atoms with Crippen LogP contribution in [0.15, 0.2) is 42.5 Å². The molecule has 3 amide bonds. The van der Waals surface area contributed by atoms with Gasteiger partial charge in [-0.3, -0.25) is 14.4 Å². The maximum atomic E-state index is 12.6. The molecule has 0 aliphatic rings. The molecule has 0 atom stereocenters. The fourth-order valence-electron chi connectivity index (χ4n) is 2.33. The quantitative estimate of drug-likeness (QED) is 0.863. The molecule has 0 aromatic heterocycles. The summed E-state index contributed by atoms with van der Waals surface area (Å²) in [6.07, 6.45) is 0. The Labute approximate surface area is 152 Å². The molecule has 0 heterocycles. The first-order valence-corrected chi connectivity index (χ1v) is 7.90. The van der Waals surface area contributed by atoms with Crippen LogP contribution in [0.5, 0.6) is 5.75 Å². The van der Waals surface area contributed by atoms with Crippen molar-refractivity contribution in [3.8, 4) is 5.75 Å². The lowest BCUT2D eigenvalue weighted by atomic mass is 10.1. The predicted molar refractivity (Wildman–Crippen MR) is 99.7 cm³/mol. The summed E-state index contributed by atoms with van der Waals surface area (Å²) >= 11 is 0. The van der Waals surface area contributed by atoms with Crippen LogP contribution in [-0.4, -0.2) is 43.8 Å². The number of methoxy groups -OCH3 is 1. The van der Waals surface area contributed by atoms with Crippen molar-refractivity contribution in [3.05, 3.63) is 53.6 Å². The number of nitrogens with zero attached hydrogens (tertiary/aromatic N) is 1. The van der Waals surface area contributed by atoms with Gasteiger partial charge in [-0.05, 0) is 36.4 Å². The molecule has 2 N–H and O–H groups in total. The molecule has 0 saturated heterocycles. The summed E-state index contributed by atoms with van der Waals surface area (Å²) in [7, 11) is 4.78. The van der Waals surface area contributed by atoms with Crippen molar-refractivity contribution in [2.45, 2.75) is 6.92 Å². The van der Waals surface area contributed by atoms with E-state index >= 15 is 0 Å². The molecule has 136 valence electrons. The van der Waals surface area contributed by atoms with Crippen LogP contribution in [0.25, 0.3) is 0 Å². The van der Waals surface area contributed by atoms with Gasteiger partial charge in [0.2, 0.25) is 5.91 Å². The van der Waals surface area contributed by atoms with E-state index in [1.807, 2.05) is 0 Å². The van der Waals surface area contributed by atoms with E-state index in [0.29, 0.717) is 28.3 Å². The number of amides is 3. The number of anilines is 2. The molecule has 26 heavy (non-hydrogen) atoms. The number of hydrogen-bond donors (Lipinski definition) is 2. The molecule has 2 aromatic carbocycles. The van der Waals surface area contributed by atoms with E-state index in [0.717, 1.165) is 0 Å². The van der Waals surface area contributed by atoms with Gasteiger partial charge in [-0.25, -0.2) is 0 Å². The van der Waals surface area contributed by atoms with Crippen molar-refractivity contribution in [3.63, 3.8) is 0 Å². The van der Waals surface area contributed by atoms with Crippen LogP contribution in [0.4, 0.5) is 11.4 Å². The van der Waals surface area contributed by atoms with Gasteiger partial charge < -0.3 is 20.3 Å². The van der Waals surface area contributed by atoms with Gasteiger partial charge in [0.25, 0.3) is 11.8 Å². The second kappa shape index (κ2) is 8.15. The summed E-state index contributed by atoms with van der Waals surface area (Å²) in [6.45, 7) is 1.39. The number of ether oxygens (including phenoxy) is 1. The molecule has 0 bridgehead atoms. The van der Waals surface area contributed by atoms with E-state index in [1.54, 1.807) is 56.6 Å². The smallest absolute Gasteiger partial charge is 0.255 e. The summed E-state index contributed by atoms with van der Waals surface area (Å²) in [5.74, 6) is -0.355. The van der Waals surface area contributed by atoms with Gasteiger partial charge in [0.1, 0.15) is 5.75 Å².